The summed E-state index contributed by atoms with van der Waals surface area (Å²) in [6, 6.07) is 5.98. The first-order valence-electron chi connectivity index (χ1n) is 7.33. The average molecular weight is 308 g/mol. The first-order chi connectivity index (χ1) is 9.88. The number of carbonyl (C=O) groups excluding carboxylic acids is 1. The summed E-state index contributed by atoms with van der Waals surface area (Å²) in [7, 11) is 0. The number of H-pyrrole nitrogens is 1. The summed E-state index contributed by atoms with van der Waals surface area (Å²) < 4.78 is 0. The topological polar surface area (TPSA) is 49.0 Å². The van der Waals surface area contributed by atoms with Crippen LogP contribution in [-0.2, 0) is 11.2 Å². The minimum Gasteiger partial charge on any atom is -0.342 e. The number of aryl methyl sites for hydroxylation is 1. The smallest absolute Gasteiger partial charge is 0.223 e. The Morgan fingerprint density at radius 2 is 1.95 bits per heavy atom. The molecule has 114 valence electrons. The van der Waals surface area contributed by atoms with Crippen molar-refractivity contribution in [1.29, 1.82) is 0 Å². The molecule has 1 N–H and O–H groups in total. The number of imidazole rings is 1. The van der Waals surface area contributed by atoms with E-state index in [2.05, 4.69) is 9.97 Å². The van der Waals surface area contributed by atoms with Gasteiger partial charge in [0.25, 0.3) is 0 Å². The number of aromatic nitrogens is 2. The highest BCUT2D eigenvalue weighted by molar-refractivity contribution is 6.31. The standard InChI is InChI=1S/C16H22ClN3O/c1-10(2)20(11(3)4)16(21)8-7-15-18-13-6-5-12(17)9-14(13)19-15/h5-6,9-11H,7-8H2,1-4H3,(H,18,19). The summed E-state index contributed by atoms with van der Waals surface area (Å²) in [4.78, 5) is 22.0. The van der Waals surface area contributed by atoms with Crippen molar-refractivity contribution in [2.24, 2.45) is 0 Å². The molecule has 1 aromatic carbocycles. The van der Waals surface area contributed by atoms with Crippen LogP contribution in [0.4, 0.5) is 0 Å². The molecule has 4 nitrogen and oxygen atoms in total. The van der Waals surface area contributed by atoms with E-state index in [1.54, 1.807) is 0 Å². The van der Waals surface area contributed by atoms with Gasteiger partial charge in [-0.15, -0.1) is 0 Å². The summed E-state index contributed by atoms with van der Waals surface area (Å²) in [6.45, 7) is 8.17. The summed E-state index contributed by atoms with van der Waals surface area (Å²) in [5.74, 6) is 0.992. The number of rotatable bonds is 5. The molecule has 0 fully saturated rings. The Labute approximate surface area is 130 Å². The van der Waals surface area contributed by atoms with Crippen LogP contribution in [0.25, 0.3) is 11.0 Å². The van der Waals surface area contributed by atoms with Gasteiger partial charge in [-0.05, 0) is 45.9 Å². The van der Waals surface area contributed by atoms with Crippen LogP contribution in [0.15, 0.2) is 18.2 Å². The third kappa shape index (κ3) is 3.76. The number of hydrogen-bond acceptors (Lipinski definition) is 2. The van der Waals surface area contributed by atoms with Crippen molar-refractivity contribution in [3.63, 3.8) is 0 Å². The molecular weight excluding hydrogens is 286 g/mol. The van der Waals surface area contributed by atoms with Crippen molar-refractivity contribution < 1.29 is 4.79 Å². The molecule has 0 aliphatic heterocycles. The number of amides is 1. The van der Waals surface area contributed by atoms with Crippen LogP contribution in [0, 0.1) is 0 Å². The fourth-order valence-electron chi connectivity index (χ4n) is 2.68. The predicted molar refractivity (Wildman–Crippen MR) is 86.5 cm³/mol. The lowest BCUT2D eigenvalue weighted by molar-refractivity contribution is -0.134. The second-order valence-corrected chi connectivity index (χ2v) is 6.27. The highest BCUT2D eigenvalue weighted by Crippen LogP contribution is 2.18. The van der Waals surface area contributed by atoms with E-state index in [-0.39, 0.29) is 18.0 Å². The number of benzene rings is 1. The Morgan fingerprint density at radius 3 is 2.57 bits per heavy atom. The van der Waals surface area contributed by atoms with Crippen molar-refractivity contribution in [2.75, 3.05) is 0 Å². The largest absolute Gasteiger partial charge is 0.342 e. The van der Waals surface area contributed by atoms with Crippen molar-refractivity contribution in [2.45, 2.75) is 52.6 Å². The second kappa shape index (κ2) is 6.48. The average Bonchev–Trinajstić information content (AvgIpc) is 2.77. The fraction of sp³-hybridized carbons (Fsp3) is 0.500. The molecular formula is C16H22ClN3O. The fourth-order valence-corrected chi connectivity index (χ4v) is 2.85. The maximum absolute atomic E-state index is 12.3. The van der Waals surface area contributed by atoms with Gasteiger partial charge >= 0.3 is 0 Å². The van der Waals surface area contributed by atoms with Gasteiger partial charge in [-0.25, -0.2) is 4.98 Å². The number of aromatic amines is 1. The van der Waals surface area contributed by atoms with Crippen LogP contribution < -0.4 is 0 Å². The van der Waals surface area contributed by atoms with E-state index in [1.807, 2.05) is 50.8 Å². The van der Waals surface area contributed by atoms with E-state index in [4.69, 9.17) is 11.6 Å². The summed E-state index contributed by atoms with van der Waals surface area (Å²) in [6.07, 6.45) is 1.07. The monoisotopic (exact) mass is 307 g/mol. The van der Waals surface area contributed by atoms with Crippen LogP contribution >= 0.6 is 11.6 Å². The van der Waals surface area contributed by atoms with Gasteiger partial charge in [-0.1, -0.05) is 11.6 Å². The molecule has 0 radical (unpaired) electrons. The van der Waals surface area contributed by atoms with Gasteiger partial charge < -0.3 is 9.88 Å². The van der Waals surface area contributed by atoms with Crippen molar-refractivity contribution in [3.05, 3.63) is 29.0 Å². The Bertz CT molecular complexity index is 625. The van der Waals surface area contributed by atoms with Gasteiger partial charge in [0.1, 0.15) is 5.82 Å². The quantitative estimate of drug-likeness (QED) is 0.913. The molecule has 0 atom stereocenters. The summed E-state index contributed by atoms with van der Waals surface area (Å²) in [5.41, 5.74) is 1.79. The third-order valence-corrected chi connectivity index (χ3v) is 3.70. The molecule has 0 saturated carbocycles. The molecule has 1 amide bonds. The first kappa shape index (κ1) is 15.8. The maximum atomic E-state index is 12.3. The molecule has 0 saturated heterocycles. The van der Waals surface area contributed by atoms with E-state index in [9.17, 15) is 4.79 Å². The van der Waals surface area contributed by atoms with Crippen LogP contribution in [0.1, 0.15) is 39.9 Å². The minimum atomic E-state index is 0.165. The van der Waals surface area contributed by atoms with E-state index >= 15 is 0 Å². The lowest BCUT2D eigenvalue weighted by Gasteiger charge is -2.30. The number of carbonyl (C=O) groups is 1. The maximum Gasteiger partial charge on any atom is 0.223 e. The van der Waals surface area contributed by atoms with E-state index in [1.165, 1.54) is 0 Å². The van der Waals surface area contributed by atoms with Gasteiger partial charge in [0.2, 0.25) is 5.91 Å². The summed E-state index contributed by atoms with van der Waals surface area (Å²) >= 11 is 5.96. The van der Waals surface area contributed by atoms with Gasteiger partial charge in [0, 0.05) is 29.9 Å². The Hall–Kier alpha value is -1.55. The molecule has 0 bridgehead atoms. The van der Waals surface area contributed by atoms with E-state index in [0.717, 1.165) is 16.9 Å². The predicted octanol–water partition coefficient (Wildman–Crippen LogP) is 3.79. The SMILES string of the molecule is CC(C)N(C(=O)CCc1nc2ccc(Cl)cc2[nH]1)C(C)C. The highest BCUT2D eigenvalue weighted by atomic mass is 35.5. The number of fused-ring (bicyclic) bond motifs is 1. The molecule has 0 aliphatic rings. The van der Waals surface area contributed by atoms with Crippen LogP contribution in [-0.4, -0.2) is 32.9 Å². The van der Waals surface area contributed by atoms with E-state index < -0.39 is 0 Å². The molecule has 2 aromatic rings. The van der Waals surface area contributed by atoms with Crippen LogP contribution in [0.2, 0.25) is 5.02 Å². The molecule has 5 heteroatoms. The number of nitrogens with one attached hydrogen (secondary N) is 1. The first-order valence-corrected chi connectivity index (χ1v) is 7.71. The zero-order valence-electron chi connectivity index (χ0n) is 13.0. The lowest BCUT2D eigenvalue weighted by Crippen LogP contribution is -2.42. The third-order valence-electron chi connectivity index (χ3n) is 3.47. The Kier molecular flexibility index (Phi) is 4.88. The van der Waals surface area contributed by atoms with Crippen molar-refractivity contribution in [3.8, 4) is 0 Å². The molecule has 0 aliphatic carbocycles. The molecule has 1 aromatic heterocycles. The lowest BCUT2D eigenvalue weighted by atomic mass is 10.2. The zero-order chi connectivity index (χ0) is 15.6. The van der Waals surface area contributed by atoms with Crippen LogP contribution in [0.5, 0.6) is 0 Å². The van der Waals surface area contributed by atoms with E-state index in [0.29, 0.717) is 17.9 Å². The molecule has 2 rings (SSSR count). The molecule has 1 heterocycles. The summed E-state index contributed by atoms with van der Waals surface area (Å²) in [5, 5.41) is 0.680. The zero-order valence-corrected chi connectivity index (χ0v) is 13.7. The molecule has 0 spiro atoms. The number of halogens is 1. The highest BCUT2D eigenvalue weighted by Gasteiger charge is 2.20. The number of hydrogen-bond donors (Lipinski definition) is 1. The molecule has 21 heavy (non-hydrogen) atoms. The normalized spacial score (nSPS) is 11.6. The van der Waals surface area contributed by atoms with Crippen molar-refractivity contribution >= 4 is 28.5 Å². The van der Waals surface area contributed by atoms with Gasteiger partial charge in [0.05, 0.1) is 11.0 Å². The van der Waals surface area contributed by atoms with Gasteiger partial charge in [-0.3, -0.25) is 4.79 Å². The van der Waals surface area contributed by atoms with Crippen molar-refractivity contribution in [1.82, 2.24) is 14.9 Å². The van der Waals surface area contributed by atoms with Gasteiger partial charge in [0.15, 0.2) is 0 Å². The Morgan fingerprint density at radius 1 is 1.29 bits per heavy atom. The molecule has 0 unspecified atom stereocenters. The van der Waals surface area contributed by atoms with Crippen LogP contribution in [0.3, 0.4) is 0 Å². The number of nitrogens with zero attached hydrogens (tertiary/aromatic N) is 2. The minimum absolute atomic E-state index is 0.165. The van der Waals surface area contributed by atoms with Gasteiger partial charge in [-0.2, -0.15) is 0 Å². The second-order valence-electron chi connectivity index (χ2n) is 5.83. The Balaban J connectivity index is 2.05.